The topological polar surface area (TPSA) is 39.1 Å². The smallest absolute Gasteiger partial charge is 0.123 e. The van der Waals surface area contributed by atoms with Crippen LogP contribution >= 0.6 is 11.6 Å². The molecule has 2 aromatic rings. The minimum atomic E-state index is 0.451. The van der Waals surface area contributed by atoms with Gasteiger partial charge in [0.15, 0.2) is 0 Å². The standard InChI is InChI=1S/C16H22ClN3O/c1-12(2)18-10-14-6-4-5-7-16(14)21-9-8-20-11-15(17)13(3)19-20/h4-7,11-12,18H,8-10H2,1-3H3. The predicted octanol–water partition coefficient (Wildman–Crippen LogP) is 3.42. The van der Waals surface area contributed by atoms with E-state index in [0.29, 0.717) is 24.2 Å². The largest absolute Gasteiger partial charge is 0.491 e. The number of ether oxygens (including phenoxy) is 1. The normalized spacial score (nSPS) is 11.1. The van der Waals surface area contributed by atoms with E-state index < -0.39 is 0 Å². The molecule has 0 fully saturated rings. The number of halogens is 1. The van der Waals surface area contributed by atoms with Gasteiger partial charge in [-0.2, -0.15) is 5.10 Å². The molecule has 5 heteroatoms. The molecule has 0 atom stereocenters. The number of aromatic nitrogens is 2. The van der Waals surface area contributed by atoms with E-state index in [1.54, 1.807) is 0 Å². The van der Waals surface area contributed by atoms with Crippen LogP contribution < -0.4 is 10.1 Å². The highest BCUT2D eigenvalue weighted by Gasteiger charge is 2.05. The second-order valence-corrected chi connectivity index (χ2v) is 5.72. The number of nitrogens with zero attached hydrogens (tertiary/aromatic N) is 2. The van der Waals surface area contributed by atoms with Gasteiger partial charge in [0.25, 0.3) is 0 Å². The van der Waals surface area contributed by atoms with Crippen LogP contribution in [-0.2, 0) is 13.1 Å². The molecule has 1 aromatic heterocycles. The number of hydrogen-bond donors (Lipinski definition) is 1. The van der Waals surface area contributed by atoms with Gasteiger partial charge in [0, 0.05) is 24.3 Å². The molecule has 1 N–H and O–H groups in total. The maximum atomic E-state index is 5.99. The molecular formula is C16H22ClN3O. The Morgan fingerprint density at radius 3 is 2.76 bits per heavy atom. The average molecular weight is 308 g/mol. The molecule has 0 amide bonds. The summed E-state index contributed by atoms with van der Waals surface area (Å²) in [7, 11) is 0. The lowest BCUT2D eigenvalue weighted by molar-refractivity contribution is 0.287. The van der Waals surface area contributed by atoms with Crippen LogP contribution in [0.3, 0.4) is 0 Å². The van der Waals surface area contributed by atoms with Gasteiger partial charge in [-0.25, -0.2) is 0 Å². The summed E-state index contributed by atoms with van der Waals surface area (Å²) < 4.78 is 7.69. The molecule has 0 saturated carbocycles. The SMILES string of the molecule is Cc1nn(CCOc2ccccc2CNC(C)C)cc1Cl. The van der Waals surface area contributed by atoms with Gasteiger partial charge in [0.05, 0.1) is 17.3 Å². The summed E-state index contributed by atoms with van der Waals surface area (Å²) in [5.74, 6) is 0.917. The van der Waals surface area contributed by atoms with Crippen LogP contribution in [0, 0.1) is 6.92 Å². The molecule has 0 aliphatic rings. The summed E-state index contributed by atoms with van der Waals surface area (Å²) in [5.41, 5.74) is 2.01. The van der Waals surface area contributed by atoms with Gasteiger partial charge in [-0.1, -0.05) is 43.6 Å². The van der Waals surface area contributed by atoms with Crippen molar-refractivity contribution in [3.8, 4) is 5.75 Å². The van der Waals surface area contributed by atoms with Crippen molar-refractivity contribution < 1.29 is 4.74 Å². The number of rotatable bonds is 7. The second kappa shape index (κ2) is 7.48. The van der Waals surface area contributed by atoms with E-state index in [0.717, 1.165) is 18.0 Å². The van der Waals surface area contributed by atoms with Crippen molar-refractivity contribution in [2.45, 2.75) is 39.9 Å². The maximum Gasteiger partial charge on any atom is 0.123 e. The fourth-order valence-corrected chi connectivity index (χ4v) is 2.11. The van der Waals surface area contributed by atoms with Crippen molar-refractivity contribution >= 4 is 11.6 Å². The Balaban J connectivity index is 1.90. The van der Waals surface area contributed by atoms with E-state index in [-0.39, 0.29) is 0 Å². The third kappa shape index (κ3) is 4.76. The van der Waals surface area contributed by atoms with Gasteiger partial charge < -0.3 is 10.1 Å². The maximum absolute atomic E-state index is 5.99. The summed E-state index contributed by atoms with van der Waals surface area (Å²) in [4.78, 5) is 0. The van der Waals surface area contributed by atoms with E-state index in [9.17, 15) is 0 Å². The van der Waals surface area contributed by atoms with Gasteiger partial charge in [-0.3, -0.25) is 4.68 Å². The van der Waals surface area contributed by atoms with Crippen LogP contribution in [0.15, 0.2) is 30.5 Å². The van der Waals surface area contributed by atoms with E-state index in [4.69, 9.17) is 16.3 Å². The van der Waals surface area contributed by atoms with Crippen molar-refractivity contribution in [2.75, 3.05) is 6.61 Å². The number of nitrogens with one attached hydrogen (secondary N) is 1. The van der Waals surface area contributed by atoms with Gasteiger partial charge in [-0.05, 0) is 13.0 Å². The van der Waals surface area contributed by atoms with Crippen LogP contribution in [-0.4, -0.2) is 22.4 Å². The fourth-order valence-electron chi connectivity index (χ4n) is 1.96. The van der Waals surface area contributed by atoms with Gasteiger partial charge in [0.1, 0.15) is 12.4 Å². The summed E-state index contributed by atoms with van der Waals surface area (Å²) >= 11 is 5.99. The lowest BCUT2D eigenvalue weighted by Gasteiger charge is -2.13. The van der Waals surface area contributed by atoms with Crippen molar-refractivity contribution in [2.24, 2.45) is 0 Å². The first kappa shape index (κ1) is 15.9. The first-order valence-electron chi connectivity index (χ1n) is 7.20. The Labute approximate surface area is 131 Å². The van der Waals surface area contributed by atoms with E-state index >= 15 is 0 Å². The highest BCUT2D eigenvalue weighted by molar-refractivity contribution is 6.31. The molecule has 0 radical (unpaired) electrons. The van der Waals surface area contributed by atoms with Crippen molar-refractivity contribution in [1.82, 2.24) is 15.1 Å². The Morgan fingerprint density at radius 1 is 1.33 bits per heavy atom. The lowest BCUT2D eigenvalue weighted by Crippen LogP contribution is -2.22. The molecule has 114 valence electrons. The molecule has 1 heterocycles. The minimum Gasteiger partial charge on any atom is -0.491 e. The number of hydrogen-bond acceptors (Lipinski definition) is 3. The Bertz CT molecular complexity index is 561. The molecule has 0 aliphatic heterocycles. The monoisotopic (exact) mass is 307 g/mol. The number of para-hydroxylation sites is 1. The molecule has 21 heavy (non-hydrogen) atoms. The fraction of sp³-hybridized carbons (Fsp3) is 0.438. The van der Waals surface area contributed by atoms with Gasteiger partial charge >= 0.3 is 0 Å². The first-order valence-corrected chi connectivity index (χ1v) is 7.57. The summed E-state index contributed by atoms with van der Waals surface area (Å²) in [6.07, 6.45) is 1.83. The molecule has 0 spiro atoms. The summed E-state index contributed by atoms with van der Waals surface area (Å²) in [6, 6.07) is 8.55. The quantitative estimate of drug-likeness (QED) is 0.852. The van der Waals surface area contributed by atoms with Crippen LogP contribution in [0.5, 0.6) is 5.75 Å². The molecule has 0 unspecified atom stereocenters. The van der Waals surface area contributed by atoms with Gasteiger partial charge in [-0.15, -0.1) is 0 Å². The van der Waals surface area contributed by atoms with Crippen LogP contribution in [0.1, 0.15) is 25.1 Å². The van der Waals surface area contributed by atoms with Gasteiger partial charge in [0.2, 0.25) is 0 Å². The van der Waals surface area contributed by atoms with Crippen molar-refractivity contribution in [3.05, 3.63) is 46.7 Å². The lowest BCUT2D eigenvalue weighted by atomic mass is 10.2. The Hall–Kier alpha value is -1.52. The zero-order valence-corrected chi connectivity index (χ0v) is 13.5. The average Bonchev–Trinajstić information content (AvgIpc) is 2.76. The molecule has 4 nitrogen and oxygen atoms in total. The Kier molecular flexibility index (Phi) is 5.65. The van der Waals surface area contributed by atoms with Crippen LogP contribution in [0.2, 0.25) is 5.02 Å². The molecule has 0 saturated heterocycles. The van der Waals surface area contributed by atoms with E-state index in [1.807, 2.05) is 36.0 Å². The highest BCUT2D eigenvalue weighted by Crippen LogP contribution is 2.18. The van der Waals surface area contributed by atoms with Crippen molar-refractivity contribution in [1.29, 1.82) is 0 Å². The van der Waals surface area contributed by atoms with Crippen LogP contribution in [0.4, 0.5) is 0 Å². The van der Waals surface area contributed by atoms with E-state index in [1.165, 1.54) is 5.56 Å². The Morgan fingerprint density at radius 2 is 2.10 bits per heavy atom. The molecule has 1 aromatic carbocycles. The third-order valence-corrected chi connectivity index (χ3v) is 3.51. The highest BCUT2D eigenvalue weighted by atomic mass is 35.5. The zero-order valence-electron chi connectivity index (χ0n) is 12.8. The molecule has 0 bridgehead atoms. The van der Waals surface area contributed by atoms with Crippen LogP contribution in [0.25, 0.3) is 0 Å². The van der Waals surface area contributed by atoms with Crippen molar-refractivity contribution in [3.63, 3.8) is 0 Å². The number of benzene rings is 1. The first-order chi connectivity index (χ1) is 10.1. The van der Waals surface area contributed by atoms with E-state index in [2.05, 4.69) is 30.3 Å². The zero-order chi connectivity index (χ0) is 15.2. The number of aryl methyl sites for hydroxylation is 1. The molecule has 0 aliphatic carbocycles. The molecular weight excluding hydrogens is 286 g/mol. The molecule has 2 rings (SSSR count). The minimum absolute atomic E-state index is 0.451. The predicted molar refractivity (Wildman–Crippen MR) is 85.9 cm³/mol. The second-order valence-electron chi connectivity index (χ2n) is 5.32. The summed E-state index contributed by atoms with van der Waals surface area (Å²) in [5, 5.41) is 8.41. The third-order valence-electron chi connectivity index (χ3n) is 3.14. The summed E-state index contributed by atoms with van der Waals surface area (Å²) in [6.45, 7) is 8.21.